The van der Waals surface area contributed by atoms with Crippen LogP contribution >= 0.6 is 0 Å². The lowest BCUT2D eigenvalue weighted by atomic mass is 10.1. The van der Waals surface area contributed by atoms with Crippen LogP contribution in [0.25, 0.3) is 10.9 Å². The van der Waals surface area contributed by atoms with E-state index in [0.29, 0.717) is 11.4 Å². The largest absolute Gasteiger partial charge is 0.370 e. The molecule has 5 nitrogen and oxygen atoms in total. The van der Waals surface area contributed by atoms with E-state index in [1.165, 1.54) is 16.5 Å². The number of H-pyrrole nitrogens is 1. The van der Waals surface area contributed by atoms with E-state index in [4.69, 9.17) is 0 Å². The third-order valence-electron chi connectivity index (χ3n) is 5.03. The van der Waals surface area contributed by atoms with Crippen molar-refractivity contribution in [2.75, 3.05) is 17.2 Å². The van der Waals surface area contributed by atoms with Crippen molar-refractivity contribution in [3.05, 3.63) is 89.2 Å². The zero-order chi connectivity index (χ0) is 20.2. The number of amides is 1. The SMILES string of the molecule is Cc1ccc(NC(=O)c2ccnc(NCCc3c[nH]c4ccccc34)c2)c(C)c1. The number of nitrogens with zero attached hydrogens (tertiary/aromatic N) is 1. The highest BCUT2D eigenvalue weighted by Gasteiger charge is 2.09. The second kappa shape index (κ2) is 8.19. The lowest BCUT2D eigenvalue weighted by molar-refractivity contribution is 0.102. The van der Waals surface area contributed by atoms with Crippen molar-refractivity contribution in [1.82, 2.24) is 9.97 Å². The smallest absolute Gasteiger partial charge is 0.255 e. The Morgan fingerprint density at radius 2 is 1.93 bits per heavy atom. The zero-order valence-corrected chi connectivity index (χ0v) is 16.6. The van der Waals surface area contributed by atoms with Crippen LogP contribution < -0.4 is 10.6 Å². The van der Waals surface area contributed by atoms with E-state index in [1.54, 1.807) is 18.3 Å². The Bertz CT molecular complexity index is 1160. The van der Waals surface area contributed by atoms with Gasteiger partial charge in [0.15, 0.2) is 0 Å². The maximum absolute atomic E-state index is 12.6. The molecule has 2 heterocycles. The normalized spacial score (nSPS) is 10.8. The third-order valence-corrected chi connectivity index (χ3v) is 5.03. The molecule has 0 aliphatic heterocycles. The number of fused-ring (bicyclic) bond motifs is 1. The molecule has 4 aromatic rings. The fourth-order valence-corrected chi connectivity index (χ4v) is 3.48. The maximum Gasteiger partial charge on any atom is 0.255 e. The van der Waals surface area contributed by atoms with Gasteiger partial charge < -0.3 is 15.6 Å². The van der Waals surface area contributed by atoms with Gasteiger partial charge in [0.2, 0.25) is 0 Å². The Labute approximate surface area is 170 Å². The van der Waals surface area contributed by atoms with E-state index in [9.17, 15) is 4.79 Å². The van der Waals surface area contributed by atoms with Gasteiger partial charge in [-0.25, -0.2) is 4.98 Å². The van der Waals surface area contributed by atoms with Crippen LogP contribution in [0.5, 0.6) is 0 Å². The molecular formula is C24H24N4O. The van der Waals surface area contributed by atoms with Crippen molar-refractivity contribution in [2.24, 2.45) is 0 Å². The van der Waals surface area contributed by atoms with Gasteiger partial charge >= 0.3 is 0 Å². The summed E-state index contributed by atoms with van der Waals surface area (Å²) in [6.07, 6.45) is 4.57. The molecule has 0 fully saturated rings. The van der Waals surface area contributed by atoms with E-state index in [0.717, 1.165) is 29.7 Å². The van der Waals surface area contributed by atoms with Gasteiger partial charge in [0.25, 0.3) is 5.91 Å². The van der Waals surface area contributed by atoms with Crippen molar-refractivity contribution < 1.29 is 4.79 Å². The predicted octanol–water partition coefficient (Wildman–Crippen LogP) is 5.09. The molecule has 2 aromatic carbocycles. The van der Waals surface area contributed by atoms with Crippen LogP contribution in [0, 0.1) is 13.8 Å². The van der Waals surface area contributed by atoms with Gasteiger partial charge in [-0.3, -0.25) is 4.79 Å². The number of aromatic amines is 1. The molecule has 0 bridgehead atoms. The fraction of sp³-hybridized carbons (Fsp3) is 0.167. The number of anilines is 2. The topological polar surface area (TPSA) is 69.8 Å². The molecule has 5 heteroatoms. The van der Waals surface area contributed by atoms with Crippen LogP contribution in [0.4, 0.5) is 11.5 Å². The molecule has 2 aromatic heterocycles. The van der Waals surface area contributed by atoms with Crippen LogP contribution in [-0.4, -0.2) is 22.4 Å². The first-order chi connectivity index (χ1) is 14.1. The van der Waals surface area contributed by atoms with E-state index >= 15 is 0 Å². The van der Waals surface area contributed by atoms with Gasteiger partial charge in [0, 0.05) is 41.1 Å². The quantitative estimate of drug-likeness (QED) is 0.434. The molecule has 0 aliphatic carbocycles. The monoisotopic (exact) mass is 384 g/mol. The van der Waals surface area contributed by atoms with Gasteiger partial charge in [-0.05, 0) is 55.7 Å². The fourth-order valence-electron chi connectivity index (χ4n) is 3.48. The van der Waals surface area contributed by atoms with Gasteiger partial charge in [-0.1, -0.05) is 35.9 Å². The van der Waals surface area contributed by atoms with Crippen LogP contribution in [0.15, 0.2) is 67.0 Å². The van der Waals surface area contributed by atoms with Crippen molar-refractivity contribution in [1.29, 1.82) is 0 Å². The summed E-state index contributed by atoms with van der Waals surface area (Å²) in [5, 5.41) is 7.54. The molecule has 0 saturated heterocycles. The van der Waals surface area contributed by atoms with Crippen molar-refractivity contribution >= 4 is 28.3 Å². The molecule has 0 spiro atoms. The molecule has 0 radical (unpaired) electrons. The number of nitrogens with one attached hydrogen (secondary N) is 3. The number of hydrogen-bond donors (Lipinski definition) is 3. The second-order valence-corrected chi connectivity index (χ2v) is 7.24. The number of rotatable bonds is 6. The van der Waals surface area contributed by atoms with E-state index in [-0.39, 0.29) is 5.91 Å². The molecule has 0 unspecified atom stereocenters. The first kappa shape index (κ1) is 18.7. The van der Waals surface area contributed by atoms with Gasteiger partial charge in [-0.2, -0.15) is 0 Å². The lowest BCUT2D eigenvalue weighted by Crippen LogP contribution is -2.14. The number of aryl methyl sites for hydroxylation is 2. The summed E-state index contributed by atoms with van der Waals surface area (Å²) < 4.78 is 0. The summed E-state index contributed by atoms with van der Waals surface area (Å²) in [7, 11) is 0. The molecule has 0 aliphatic rings. The molecule has 0 saturated carbocycles. The Kier molecular flexibility index (Phi) is 5.29. The number of aromatic nitrogens is 2. The maximum atomic E-state index is 12.6. The average Bonchev–Trinajstić information content (AvgIpc) is 3.13. The van der Waals surface area contributed by atoms with Crippen molar-refractivity contribution in [3.63, 3.8) is 0 Å². The number of carbonyl (C=O) groups is 1. The minimum atomic E-state index is -0.140. The van der Waals surface area contributed by atoms with Crippen LogP contribution in [-0.2, 0) is 6.42 Å². The van der Waals surface area contributed by atoms with Crippen LogP contribution in [0.1, 0.15) is 27.0 Å². The number of pyridine rings is 1. The first-order valence-corrected chi connectivity index (χ1v) is 9.74. The summed E-state index contributed by atoms with van der Waals surface area (Å²) in [4.78, 5) is 20.3. The molecule has 4 rings (SSSR count). The van der Waals surface area contributed by atoms with Crippen LogP contribution in [0.3, 0.4) is 0 Å². The molecule has 1 amide bonds. The number of carbonyl (C=O) groups excluding carboxylic acids is 1. The zero-order valence-electron chi connectivity index (χ0n) is 16.6. The Morgan fingerprint density at radius 3 is 2.79 bits per heavy atom. The van der Waals surface area contributed by atoms with Gasteiger partial charge in [0.05, 0.1) is 0 Å². The Morgan fingerprint density at radius 1 is 1.07 bits per heavy atom. The standard InChI is InChI=1S/C24H24N4O/c1-16-7-8-21(17(2)13-16)28-24(29)18-9-11-25-23(14-18)26-12-10-19-15-27-22-6-4-3-5-20(19)22/h3-9,11,13-15,27H,10,12H2,1-2H3,(H,25,26)(H,28,29). The molecule has 146 valence electrons. The summed E-state index contributed by atoms with van der Waals surface area (Å²) in [6.45, 7) is 4.76. The predicted molar refractivity (Wildman–Crippen MR) is 119 cm³/mol. The average molecular weight is 384 g/mol. The van der Waals surface area contributed by atoms with E-state index in [2.05, 4.69) is 38.8 Å². The Balaban J connectivity index is 1.39. The van der Waals surface area contributed by atoms with Gasteiger partial charge in [-0.15, -0.1) is 0 Å². The number of para-hydroxylation sites is 1. The Hall–Kier alpha value is -3.60. The number of hydrogen-bond acceptors (Lipinski definition) is 3. The van der Waals surface area contributed by atoms with Gasteiger partial charge in [0.1, 0.15) is 5.82 Å². The molecule has 3 N–H and O–H groups in total. The summed E-state index contributed by atoms with van der Waals surface area (Å²) in [5.74, 6) is 0.553. The number of benzene rings is 2. The van der Waals surface area contributed by atoms with Crippen LogP contribution in [0.2, 0.25) is 0 Å². The summed E-state index contributed by atoms with van der Waals surface area (Å²) >= 11 is 0. The molecule has 29 heavy (non-hydrogen) atoms. The summed E-state index contributed by atoms with van der Waals surface area (Å²) in [5.41, 5.74) is 6.03. The molecular weight excluding hydrogens is 360 g/mol. The van der Waals surface area contributed by atoms with Crippen molar-refractivity contribution in [2.45, 2.75) is 20.3 Å². The minimum absolute atomic E-state index is 0.140. The highest BCUT2D eigenvalue weighted by atomic mass is 16.1. The highest BCUT2D eigenvalue weighted by molar-refractivity contribution is 6.05. The summed E-state index contributed by atoms with van der Waals surface area (Å²) in [6, 6.07) is 17.8. The molecule has 0 atom stereocenters. The highest BCUT2D eigenvalue weighted by Crippen LogP contribution is 2.19. The first-order valence-electron chi connectivity index (χ1n) is 9.74. The minimum Gasteiger partial charge on any atom is -0.370 e. The third kappa shape index (κ3) is 4.29. The van der Waals surface area contributed by atoms with E-state index < -0.39 is 0 Å². The lowest BCUT2D eigenvalue weighted by Gasteiger charge is -2.10. The van der Waals surface area contributed by atoms with E-state index in [1.807, 2.05) is 44.3 Å². The second-order valence-electron chi connectivity index (χ2n) is 7.24. The van der Waals surface area contributed by atoms with Crippen molar-refractivity contribution in [3.8, 4) is 0 Å².